The van der Waals surface area contributed by atoms with Crippen molar-refractivity contribution in [3.05, 3.63) is 65.7 Å². The summed E-state index contributed by atoms with van der Waals surface area (Å²) in [6, 6.07) is 18.4. The van der Waals surface area contributed by atoms with Gasteiger partial charge in [-0.3, -0.25) is 9.79 Å². The molecule has 2 N–H and O–H groups in total. The molecule has 168 valence electrons. The Bertz CT molecular complexity index is 846. The van der Waals surface area contributed by atoms with Crippen molar-refractivity contribution in [3.8, 4) is 0 Å². The first-order valence-electron chi connectivity index (χ1n) is 10.7. The van der Waals surface area contributed by atoms with Gasteiger partial charge in [-0.15, -0.1) is 35.7 Å². The number of nitrogens with zero attached hydrogens (tertiary/aromatic N) is 2. The second-order valence-electron chi connectivity index (χ2n) is 7.49. The zero-order valence-electron chi connectivity index (χ0n) is 18.3. The highest BCUT2D eigenvalue weighted by atomic mass is 127. The predicted octanol–water partition coefficient (Wildman–Crippen LogP) is 4.29. The third-order valence-corrected chi connectivity index (χ3v) is 6.47. The number of carbonyl (C=O) groups excluding carboxylic acids is 1. The molecule has 1 aliphatic heterocycles. The first-order valence-corrected chi connectivity index (χ1v) is 11.7. The molecule has 1 unspecified atom stereocenters. The highest BCUT2D eigenvalue weighted by Crippen LogP contribution is 2.25. The molecule has 0 radical (unpaired) electrons. The zero-order chi connectivity index (χ0) is 21.2. The summed E-state index contributed by atoms with van der Waals surface area (Å²) in [5.74, 6) is 2.78. The van der Waals surface area contributed by atoms with Crippen LogP contribution in [-0.4, -0.2) is 55.7 Å². The first kappa shape index (κ1) is 25.5. The molecule has 0 bridgehead atoms. The van der Waals surface area contributed by atoms with Crippen molar-refractivity contribution in [2.45, 2.75) is 24.7 Å². The Kier molecular flexibility index (Phi) is 11.2. The number of guanidine groups is 1. The van der Waals surface area contributed by atoms with Crippen molar-refractivity contribution in [2.24, 2.45) is 10.9 Å². The number of benzene rings is 2. The van der Waals surface area contributed by atoms with E-state index in [0.717, 1.165) is 43.3 Å². The lowest BCUT2D eigenvalue weighted by Gasteiger charge is -2.21. The van der Waals surface area contributed by atoms with E-state index in [0.29, 0.717) is 18.0 Å². The van der Waals surface area contributed by atoms with E-state index in [9.17, 15) is 4.79 Å². The zero-order valence-corrected chi connectivity index (χ0v) is 21.5. The van der Waals surface area contributed by atoms with Crippen LogP contribution in [0, 0.1) is 5.92 Å². The van der Waals surface area contributed by atoms with Crippen LogP contribution in [0.3, 0.4) is 0 Å². The molecule has 0 aliphatic carbocycles. The van der Waals surface area contributed by atoms with Gasteiger partial charge in [0.15, 0.2) is 5.96 Å². The molecule has 1 aliphatic rings. The quantitative estimate of drug-likeness (QED) is 0.222. The van der Waals surface area contributed by atoms with Gasteiger partial charge < -0.3 is 15.5 Å². The molecule has 0 saturated carbocycles. The minimum Gasteiger partial charge on any atom is -0.357 e. The highest BCUT2D eigenvalue weighted by molar-refractivity contribution is 14.0. The minimum absolute atomic E-state index is 0. The van der Waals surface area contributed by atoms with Crippen LogP contribution in [0.25, 0.3) is 0 Å². The summed E-state index contributed by atoms with van der Waals surface area (Å²) in [5.41, 5.74) is 1.83. The van der Waals surface area contributed by atoms with Gasteiger partial charge in [0.05, 0.1) is 0 Å². The Morgan fingerprint density at radius 1 is 1.19 bits per heavy atom. The molecule has 1 heterocycles. The van der Waals surface area contributed by atoms with Gasteiger partial charge in [0.2, 0.25) is 0 Å². The molecule has 2 aromatic carbocycles. The molecule has 1 atom stereocenters. The van der Waals surface area contributed by atoms with Crippen LogP contribution in [0.1, 0.15) is 29.3 Å². The molecule has 5 nitrogen and oxygen atoms in total. The Hall–Kier alpha value is -1.74. The number of rotatable bonds is 8. The van der Waals surface area contributed by atoms with Crippen molar-refractivity contribution in [1.82, 2.24) is 15.5 Å². The molecule has 1 saturated heterocycles. The molecule has 1 fully saturated rings. The third kappa shape index (κ3) is 8.03. The van der Waals surface area contributed by atoms with Gasteiger partial charge >= 0.3 is 0 Å². The van der Waals surface area contributed by atoms with Gasteiger partial charge in [0, 0.05) is 49.4 Å². The van der Waals surface area contributed by atoms with Crippen LogP contribution >= 0.6 is 35.7 Å². The fourth-order valence-corrected chi connectivity index (χ4v) is 4.67. The minimum atomic E-state index is -0.0508. The average molecular weight is 553 g/mol. The maximum absolute atomic E-state index is 11.8. The monoisotopic (exact) mass is 552 g/mol. The van der Waals surface area contributed by atoms with Crippen LogP contribution in [0.4, 0.5) is 0 Å². The van der Waals surface area contributed by atoms with Gasteiger partial charge in [-0.25, -0.2) is 0 Å². The van der Waals surface area contributed by atoms with E-state index in [4.69, 9.17) is 4.99 Å². The van der Waals surface area contributed by atoms with Gasteiger partial charge in [-0.05, 0) is 55.5 Å². The number of amides is 1. The van der Waals surface area contributed by atoms with Crippen molar-refractivity contribution in [2.75, 3.05) is 39.0 Å². The topological polar surface area (TPSA) is 56.7 Å². The van der Waals surface area contributed by atoms with Crippen molar-refractivity contribution in [1.29, 1.82) is 0 Å². The summed E-state index contributed by atoms with van der Waals surface area (Å²) in [7, 11) is 1.66. The van der Waals surface area contributed by atoms with Crippen LogP contribution in [0.2, 0.25) is 0 Å². The molecule has 31 heavy (non-hydrogen) atoms. The Labute approximate surface area is 207 Å². The number of nitrogens with one attached hydrogen (secondary N) is 2. The SMILES string of the molecule is CCNC(=NCCc1cccc(C(=O)NC)c1)N1CCC(CSc2ccccc2)C1.I. The normalized spacial score (nSPS) is 16.0. The standard InChI is InChI=1S/C24H32N4OS.HI/c1-3-26-24(27-14-12-19-8-7-9-21(16-19)23(29)25-2)28-15-13-20(17-28)18-30-22-10-5-4-6-11-22;/h4-11,16,20H,3,12-15,17-18H2,1-2H3,(H,25,29)(H,26,27);1H. The summed E-state index contributed by atoms with van der Waals surface area (Å²) in [4.78, 5) is 20.4. The van der Waals surface area contributed by atoms with Gasteiger partial charge in [-0.2, -0.15) is 0 Å². The number of likely N-dealkylation sites (tertiary alicyclic amines) is 1. The lowest BCUT2D eigenvalue weighted by Crippen LogP contribution is -2.40. The highest BCUT2D eigenvalue weighted by Gasteiger charge is 2.24. The molecular formula is C24H33IN4OS. The van der Waals surface area contributed by atoms with E-state index in [2.05, 4.69) is 58.9 Å². The smallest absolute Gasteiger partial charge is 0.251 e. The van der Waals surface area contributed by atoms with E-state index in [1.807, 2.05) is 30.0 Å². The first-order chi connectivity index (χ1) is 14.7. The van der Waals surface area contributed by atoms with Crippen LogP contribution in [0.5, 0.6) is 0 Å². The van der Waals surface area contributed by atoms with Crippen LogP contribution in [-0.2, 0) is 6.42 Å². The molecule has 2 aromatic rings. The second-order valence-corrected chi connectivity index (χ2v) is 8.58. The number of thioether (sulfide) groups is 1. The summed E-state index contributed by atoms with van der Waals surface area (Å²) in [6.07, 6.45) is 2.03. The lowest BCUT2D eigenvalue weighted by molar-refractivity contribution is 0.0963. The number of aliphatic imine (C=N–C) groups is 1. The third-order valence-electron chi connectivity index (χ3n) is 5.23. The lowest BCUT2D eigenvalue weighted by atomic mass is 10.1. The Morgan fingerprint density at radius 2 is 2.00 bits per heavy atom. The number of hydrogen-bond donors (Lipinski definition) is 2. The van der Waals surface area contributed by atoms with Crippen LogP contribution < -0.4 is 10.6 Å². The maximum atomic E-state index is 11.8. The number of hydrogen-bond acceptors (Lipinski definition) is 3. The van der Waals surface area contributed by atoms with E-state index < -0.39 is 0 Å². The predicted molar refractivity (Wildman–Crippen MR) is 142 cm³/mol. The van der Waals surface area contributed by atoms with E-state index in [1.54, 1.807) is 7.05 Å². The second kappa shape index (κ2) is 13.6. The summed E-state index contributed by atoms with van der Waals surface area (Å²) in [5, 5.41) is 6.13. The molecule has 0 spiro atoms. The van der Waals surface area contributed by atoms with Crippen molar-refractivity contribution in [3.63, 3.8) is 0 Å². The largest absolute Gasteiger partial charge is 0.357 e. The number of halogens is 1. The average Bonchev–Trinajstić information content (AvgIpc) is 3.26. The Morgan fingerprint density at radius 3 is 2.74 bits per heavy atom. The molecule has 7 heteroatoms. The molecular weight excluding hydrogens is 519 g/mol. The van der Waals surface area contributed by atoms with Gasteiger partial charge in [0.25, 0.3) is 5.91 Å². The summed E-state index contributed by atoms with van der Waals surface area (Å²) < 4.78 is 0. The Balaban J connectivity index is 0.00000341. The maximum Gasteiger partial charge on any atom is 0.251 e. The van der Waals surface area contributed by atoms with E-state index >= 15 is 0 Å². The molecule has 3 rings (SSSR count). The summed E-state index contributed by atoms with van der Waals surface area (Å²) in [6.45, 7) is 5.79. The molecule has 1 amide bonds. The fourth-order valence-electron chi connectivity index (χ4n) is 3.62. The summed E-state index contributed by atoms with van der Waals surface area (Å²) >= 11 is 1.95. The van der Waals surface area contributed by atoms with Crippen LogP contribution in [0.15, 0.2) is 64.5 Å². The van der Waals surface area contributed by atoms with Gasteiger partial charge in [-0.1, -0.05) is 30.3 Å². The fraction of sp³-hybridized carbons (Fsp3) is 0.417. The van der Waals surface area contributed by atoms with Crippen molar-refractivity contribution < 1.29 is 4.79 Å². The van der Waals surface area contributed by atoms with Crippen molar-refractivity contribution >= 4 is 47.6 Å². The van der Waals surface area contributed by atoms with E-state index in [1.165, 1.54) is 11.3 Å². The van der Waals surface area contributed by atoms with E-state index in [-0.39, 0.29) is 29.9 Å². The molecule has 0 aromatic heterocycles. The van der Waals surface area contributed by atoms with Gasteiger partial charge in [0.1, 0.15) is 0 Å². The number of carbonyl (C=O) groups is 1.